The van der Waals surface area contributed by atoms with Crippen LogP contribution in [0.5, 0.6) is 0 Å². The second-order valence-electron chi connectivity index (χ2n) is 10.3. The third-order valence-corrected chi connectivity index (χ3v) is 6.72. The summed E-state index contributed by atoms with van der Waals surface area (Å²) in [5, 5.41) is 5.62. The fraction of sp³-hybridized carbons (Fsp3) is 0.880. The van der Waals surface area contributed by atoms with Gasteiger partial charge in [0, 0.05) is 19.0 Å². The van der Waals surface area contributed by atoms with Gasteiger partial charge < -0.3 is 15.5 Å². The first kappa shape index (κ1) is 27.4. The Hall–Kier alpha value is -1.59. The van der Waals surface area contributed by atoms with Gasteiger partial charge in [-0.1, -0.05) is 64.7 Å². The van der Waals surface area contributed by atoms with E-state index in [0.717, 1.165) is 25.7 Å². The van der Waals surface area contributed by atoms with Crippen molar-refractivity contribution in [1.82, 2.24) is 15.5 Å². The fourth-order valence-electron chi connectivity index (χ4n) is 5.10. The van der Waals surface area contributed by atoms with E-state index >= 15 is 0 Å². The average Bonchev–Trinajstić information content (AvgIpc) is 2.67. The van der Waals surface area contributed by atoms with Gasteiger partial charge in [-0.05, 0) is 47.0 Å². The number of piperidine rings is 1. The number of likely N-dealkylation sites (tertiary alicyclic amines) is 1. The second kappa shape index (κ2) is 13.1. The van der Waals surface area contributed by atoms with Crippen molar-refractivity contribution in [3.05, 3.63) is 0 Å². The van der Waals surface area contributed by atoms with Crippen molar-refractivity contribution in [3.63, 3.8) is 0 Å². The third-order valence-electron chi connectivity index (χ3n) is 6.72. The van der Waals surface area contributed by atoms with Crippen molar-refractivity contribution < 1.29 is 14.4 Å². The number of hydrogen-bond donors (Lipinski definition) is 2. The molecule has 0 aromatic rings. The number of carbonyl (C=O) groups excluding carboxylic acids is 3. The number of hydrogen-bond acceptors (Lipinski definition) is 3. The van der Waals surface area contributed by atoms with Crippen LogP contribution in [-0.4, -0.2) is 46.3 Å². The molecule has 1 saturated heterocycles. The van der Waals surface area contributed by atoms with Crippen LogP contribution < -0.4 is 10.6 Å². The predicted molar refractivity (Wildman–Crippen MR) is 127 cm³/mol. The molecule has 6 heteroatoms. The van der Waals surface area contributed by atoms with Crippen molar-refractivity contribution in [2.24, 2.45) is 0 Å². The first-order chi connectivity index (χ1) is 14.5. The molecule has 1 aliphatic rings. The summed E-state index contributed by atoms with van der Waals surface area (Å²) < 4.78 is 0. The van der Waals surface area contributed by atoms with Gasteiger partial charge in [0.15, 0.2) is 0 Å². The molecule has 1 unspecified atom stereocenters. The van der Waals surface area contributed by atoms with Crippen LogP contribution in [0.2, 0.25) is 0 Å². The maximum atomic E-state index is 12.4. The molecule has 0 bridgehead atoms. The van der Waals surface area contributed by atoms with Crippen LogP contribution in [0, 0.1) is 0 Å². The van der Waals surface area contributed by atoms with Crippen molar-refractivity contribution in [2.75, 3.05) is 6.54 Å². The largest absolute Gasteiger partial charge is 0.348 e. The highest BCUT2D eigenvalue weighted by Gasteiger charge is 2.49. The normalized spacial score (nSPS) is 19.7. The van der Waals surface area contributed by atoms with Crippen molar-refractivity contribution in [2.45, 2.75) is 136 Å². The molecule has 0 spiro atoms. The average molecular weight is 438 g/mol. The zero-order valence-electron chi connectivity index (χ0n) is 20.9. The molecule has 0 saturated carbocycles. The van der Waals surface area contributed by atoms with Crippen LogP contribution in [0.25, 0.3) is 0 Å². The Morgan fingerprint density at radius 1 is 0.839 bits per heavy atom. The number of unbranched alkanes of at least 4 members (excludes halogenated alkanes) is 9. The summed E-state index contributed by atoms with van der Waals surface area (Å²) in [4.78, 5) is 38.8. The van der Waals surface area contributed by atoms with Crippen molar-refractivity contribution >= 4 is 17.7 Å². The standard InChI is InChI=1S/C25H47N3O3/c1-7-8-9-10-11-12-13-14-15-16-19-26-22(30)23(31)27-21-17-18-24(3,4)28(20(2)29)25(21,5)6/h21H,7-19H2,1-6H3,(H,26,30)(H,27,31). The third kappa shape index (κ3) is 8.82. The van der Waals surface area contributed by atoms with Gasteiger partial charge in [0.25, 0.3) is 0 Å². The van der Waals surface area contributed by atoms with E-state index in [0.29, 0.717) is 6.54 Å². The number of rotatable bonds is 12. The van der Waals surface area contributed by atoms with Gasteiger partial charge in [-0.15, -0.1) is 0 Å². The molecule has 0 radical (unpaired) electrons. The molecule has 6 nitrogen and oxygen atoms in total. The first-order valence-corrected chi connectivity index (χ1v) is 12.4. The number of nitrogens with zero attached hydrogens (tertiary/aromatic N) is 1. The monoisotopic (exact) mass is 437 g/mol. The molecule has 1 aliphatic heterocycles. The summed E-state index contributed by atoms with van der Waals surface area (Å²) in [7, 11) is 0. The van der Waals surface area contributed by atoms with Crippen LogP contribution >= 0.6 is 0 Å². The molecule has 180 valence electrons. The summed E-state index contributed by atoms with van der Waals surface area (Å²) in [6, 6.07) is -0.250. The van der Waals surface area contributed by atoms with Crippen molar-refractivity contribution in [3.8, 4) is 0 Å². The van der Waals surface area contributed by atoms with Crippen LogP contribution in [0.15, 0.2) is 0 Å². The summed E-state index contributed by atoms with van der Waals surface area (Å²) in [6.07, 6.45) is 13.9. The minimum Gasteiger partial charge on any atom is -0.348 e. The van der Waals surface area contributed by atoms with Crippen molar-refractivity contribution in [1.29, 1.82) is 0 Å². The molecular formula is C25H47N3O3. The molecule has 0 aromatic heterocycles. The lowest BCUT2D eigenvalue weighted by atomic mass is 9.76. The number of carbonyl (C=O) groups is 3. The molecule has 2 N–H and O–H groups in total. The smallest absolute Gasteiger partial charge is 0.309 e. The van der Waals surface area contributed by atoms with Gasteiger partial charge >= 0.3 is 11.8 Å². The number of nitrogens with one attached hydrogen (secondary N) is 2. The molecular weight excluding hydrogens is 390 g/mol. The summed E-state index contributed by atoms with van der Waals surface area (Å²) in [5.41, 5.74) is -0.825. The quantitative estimate of drug-likeness (QED) is 0.343. The van der Waals surface area contributed by atoms with Gasteiger partial charge in [-0.3, -0.25) is 14.4 Å². The fourth-order valence-corrected chi connectivity index (χ4v) is 5.10. The zero-order valence-corrected chi connectivity index (χ0v) is 20.9. The summed E-state index contributed by atoms with van der Waals surface area (Å²) in [5.74, 6) is -1.20. The molecule has 1 fully saturated rings. The van der Waals surface area contributed by atoms with Crippen LogP contribution in [0.4, 0.5) is 0 Å². The Balaban J connectivity index is 2.29. The summed E-state index contributed by atoms with van der Waals surface area (Å²) in [6.45, 7) is 12.3. The SMILES string of the molecule is CCCCCCCCCCCCNC(=O)C(=O)NC1CCC(C)(C)N(C(C)=O)C1(C)C. The van der Waals surface area contributed by atoms with E-state index in [4.69, 9.17) is 0 Å². The highest BCUT2D eigenvalue weighted by molar-refractivity contribution is 6.35. The lowest BCUT2D eigenvalue weighted by Gasteiger charge is -2.56. The Morgan fingerprint density at radius 3 is 1.87 bits per heavy atom. The molecule has 0 aliphatic carbocycles. The molecule has 1 rings (SSSR count). The first-order valence-electron chi connectivity index (χ1n) is 12.4. The maximum Gasteiger partial charge on any atom is 0.309 e. The van der Waals surface area contributed by atoms with Gasteiger partial charge in [0.2, 0.25) is 5.91 Å². The minimum atomic E-state index is -0.603. The highest BCUT2D eigenvalue weighted by atomic mass is 16.2. The van der Waals surface area contributed by atoms with E-state index in [9.17, 15) is 14.4 Å². The van der Waals surface area contributed by atoms with E-state index in [1.54, 1.807) is 6.92 Å². The molecule has 0 aromatic carbocycles. The summed E-state index contributed by atoms with van der Waals surface area (Å²) >= 11 is 0. The molecule has 31 heavy (non-hydrogen) atoms. The minimum absolute atomic E-state index is 0.0145. The van der Waals surface area contributed by atoms with E-state index in [1.165, 1.54) is 51.4 Å². The van der Waals surface area contributed by atoms with Crippen LogP contribution in [0.3, 0.4) is 0 Å². The van der Waals surface area contributed by atoms with Crippen LogP contribution in [-0.2, 0) is 14.4 Å². The lowest BCUT2D eigenvalue weighted by molar-refractivity contribution is -0.151. The van der Waals surface area contributed by atoms with Gasteiger partial charge in [0.1, 0.15) is 0 Å². The Kier molecular flexibility index (Phi) is 11.6. The predicted octanol–water partition coefficient (Wildman–Crippen LogP) is 4.71. The highest BCUT2D eigenvalue weighted by Crippen LogP contribution is 2.38. The zero-order chi connectivity index (χ0) is 23.5. The van der Waals surface area contributed by atoms with Gasteiger partial charge in [-0.25, -0.2) is 0 Å². The Labute approximate surface area is 190 Å². The number of amides is 3. The Bertz CT molecular complexity index is 587. The van der Waals surface area contributed by atoms with E-state index < -0.39 is 17.4 Å². The maximum absolute atomic E-state index is 12.4. The second-order valence-corrected chi connectivity index (χ2v) is 10.3. The molecule has 1 atom stereocenters. The van der Waals surface area contributed by atoms with E-state index in [2.05, 4.69) is 17.6 Å². The van der Waals surface area contributed by atoms with Crippen LogP contribution in [0.1, 0.15) is 119 Å². The van der Waals surface area contributed by atoms with E-state index in [-0.39, 0.29) is 17.5 Å². The van der Waals surface area contributed by atoms with E-state index in [1.807, 2.05) is 32.6 Å². The molecule has 3 amide bonds. The van der Waals surface area contributed by atoms with Gasteiger partial charge in [-0.2, -0.15) is 0 Å². The Morgan fingerprint density at radius 2 is 1.35 bits per heavy atom. The molecule has 1 heterocycles. The topological polar surface area (TPSA) is 78.5 Å². The lowest BCUT2D eigenvalue weighted by Crippen LogP contribution is -2.70. The van der Waals surface area contributed by atoms with Gasteiger partial charge in [0.05, 0.1) is 11.6 Å².